The third kappa shape index (κ3) is 4.80. The third-order valence-corrected chi connectivity index (χ3v) is 5.18. The van der Waals surface area contributed by atoms with Gasteiger partial charge in [-0.25, -0.2) is 14.8 Å². The van der Waals surface area contributed by atoms with Gasteiger partial charge in [-0.2, -0.15) is 0 Å². The van der Waals surface area contributed by atoms with Gasteiger partial charge in [-0.15, -0.1) is 0 Å². The fourth-order valence-corrected chi connectivity index (χ4v) is 3.56. The Morgan fingerprint density at radius 2 is 1.24 bits per heavy atom. The van der Waals surface area contributed by atoms with Crippen LogP contribution in [0, 0.1) is 0 Å². The van der Waals surface area contributed by atoms with Gasteiger partial charge in [0.25, 0.3) is 0 Å². The SMILES string of the molecule is O=C(Nc1ccccc1)Nc1ccc2c(Nc3ccc(-c4ccccc4)cc3)ncnc2c1. The molecule has 0 saturated heterocycles. The van der Waals surface area contributed by atoms with Gasteiger partial charge in [0.05, 0.1) is 5.52 Å². The minimum absolute atomic E-state index is 0.313. The van der Waals surface area contributed by atoms with E-state index in [1.54, 1.807) is 0 Å². The molecule has 0 aliphatic carbocycles. The molecule has 0 saturated carbocycles. The van der Waals surface area contributed by atoms with Gasteiger partial charge in [-0.05, 0) is 53.6 Å². The second-order valence-electron chi connectivity index (χ2n) is 7.47. The van der Waals surface area contributed by atoms with Crippen molar-refractivity contribution in [3.8, 4) is 11.1 Å². The van der Waals surface area contributed by atoms with Crippen LogP contribution in [-0.4, -0.2) is 16.0 Å². The number of hydrogen-bond donors (Lipinski definition) is 3. The summed E-state index contributed by atoms with van der Waals surface area (Å²) in [4.78, 5) is 21.1. The van der Waals surface area contributed by atoms with E-state index in [9.17, 15) is 4.79 Å². The van der Waals surface area contributed by atoms with Crippen molar-refractivity contribution in [3.63, 3.8) is 0 Å². The number of hydrogen-bond acceptors (Lipinski definition) is 4. The van der Waals surface area contributed by atoms with E-state index in [-0.39, 0.29) is 6.03 Å². The molecule has 3 N–H and O–H groups in total. The molecule has 5 aromatic rings. The highest BCUT2D eigenvalue weighted by molar-refractivity contribution is 6.01. The summed E-state index contributed by atoms with van der Waals surface area (Å²) in [6, 6.07) is 33.0. The van der Waals surface area contributed by atoms with Crippen molar-refractivity contribution >= 4 is 39.8 Å². The van der Waals surface area contributed by atoms with E-state index in [0.29, 0.717) is 11.5 Å². The molecule has 1 aromatic heterocycles. The fourth-order valence-electron chi connectivity index (χ4n) is 3.56. The minimum Gasteiger partial charge on any atom is -0.340 e. The Labute approximate surface area is 191 Å². The first-order chi connectivity index (χ1) is 16.2. The van der Waals surface area contributed by atoms with Crippen LogP contribution in [0.1, 0.15) is 0 Å². The first-order valence-electron chi connectivity index (χ1n) is 10.5. The fraction of sp³-hybridized carbons (Fsp3) is 0. The molecule has 33 heavy (non-hydrogen) atoms. The van der Waals surface area contributed by atoms with E-state index in [1.807, 2.05) is 78.9 Å². The largest absolute Gasteiger partial charge is 0.340 e. The highest BCUT2D eigenvalue weighted by Gasteiger charge is 2.08. The molecule has 6 heteroatoms. The number of para-hydroxylation sites is 1. The molecular formula is C27H21N5O. The van der Waals surface area contributed by atoms with Gasteiger partial charge in [-0.3, -0.25) is 0 Å². The Morgan fingerprint density at radius 1 is 0.606 bits per heavy atom. The Kier molecular flexibility index (Phi) is 5.63. The highest BCUT2D eigenvalue weighted by Crippen LogP contribution is 2.27. The van der Waals surface area contributed by atoms with Gasteiger partial charge < -0.3 is 16.0 Å². The summed E-state index contributed by atoms with van der Waals surface area (Å²) >= 11 is 0. The second-order valence-corrected chi connectivity index (χ2v) is 7.47. The molecule has 0 aliphatic rings. The topological polar surface area (TPSA) is 78.9 Å². The van der Waals surface area contributed by atoms with Crippen LogP contribution in [0.2, 0.25) is 0 Å². The van der Waals surface area contributed by atoms with Crippen LogP contribution >= 0.6 is 0 Å². The van der Waals surface area contributed by atoms with Crippen molar-refractivity contribution in [1.82, 2.24) is 9.97 Å². The maximum Gasteiger partial charge on any atom is 0.323 e. The molecule has 160 valence electrons. The quantitative estimate of drug-likeness (QED) is 0.290. The average Bonchev–Trinajstić information content (AvgIpc) is 2.86. The van der Waals surface area contributed by atoms with E-state index < -0.39 is 0 Å². The lowest BCUT2D eigenvalue weighted by Crippen LogP contribution is -2.19. The average molecular weight is 431 g/mol. The predicted molar refractivity (Wildman–Crippen MR) is 134 cm³/mol. The van der Waals surface area contributed by atoms with Gasteiger partial charge >= 0.3 is 6.03 Å². The van der Waals surface area contributed by atoms with Crippen molar-refractivity contribution in [1.29, 1.82) is 0 Å². The summed E-state index contributed by atoms with van der Waals surface area (Å²) in [5.74, 6) is 0.702. The number of amides is 2. The lowest BCUT2D eigenvalue weighted by molar-refractivity contribution is 0.262. The maximum atomic E-state index is 12.3. The number of urea groups is 1. The Morgan fingerprint density at radius 3 is 2.00 bits per heavy atom. The number of benzene rings is 4. The van der Waals surface area contributed by atoms with Crippen molar-refractivity contribution in [2.75, 3.05) is 16.0 Å². The van der Waals surface area contributed by atoms with E-state index >= 15 is 0 Å². The smallest absolute Gasteiger partial charge is 0.323 e. The van der Waals surface area contributed by atoms with E-state index in [0.717, 1.165) is 27.8 Å². The summed E-state index contributed by atoms with van der Waals surface area (Å²) in [7, 11) is 0. The number of nitrogens with zero attached hydrogens (tertiary/aromatic N) is 2. The lowest BCUT2D eigenvalue weighted by atomic mass is 10.1. The van der Waals surface area contributed by atoms with Crippen molar-refractivity contribution in [3.05, 3.63) is 109 Å². The highest BCUT2D eigenvalue weighted by atomic mass is 16.2. The molecule has 0 radical (unpaired) electrons. The van der Waals surface area contributed by atoms with Crippen LogP contribution in [0.15, 0.2) is 109 Å². The molecule has 0 fully saturated rings. The first kappa shape index (κ1) is 20.2. The van der Waals surface area contributed by atoms with E-state index in [2.05, 4.69) is 50.2 Å². The van der Waals surface area contributed by atoms with Gasteiger partial charge in [0.1, 0.15) is 12.1 Å². The molecule has 0 unspecified atom stereocenters. The molecule has 1 heterocycles. The number of fused-ring (bicyclic) bond motifs is 1. The monoisotopic (exact) mass is 431 g/mol. The summed E-state index contributed by atoms with van der Waals surface area (Å²) in [5.41, 5.74) is 5.35. The van der Waals surface area contributed by atoms with Gasteiger partial charge in [0.2, 0.25) is 0 Å². The minimum atomic E-state index is -0.313. The van der Waals surface area contributed by atoms with Crippen LogP contribution in [0.5, 0.6) is 0 Å². The van der Waals surface area contributed by atoms with Gasteiger partial charge in [0, 0.05) is 22.4 Å². The molecule has 0 bridgehead atoms. The second kappa shape index (κ2) is 9.20. The van der Waals surface area contributed by atoms with E-state index in [4.69, 9.17) is 0 Å². The summed E-state index contributed by atoms with van der Waals surface area (Å²) in [6.07, 6.45) is 1.51. The Balaban J connectivity index is 1.32. The molecule has 6 nitrogen and oxygen atoms in total. The summed E-state index contributed by atoms with van der Waals surface area (Å²) in [5, 5.41) is 9.87. The molecule has 2 amide bonds. The summed E-state index contributed by atoms with van der Waals surface area (Å²) < 4.78 is 0. The van der Waals surface area contributed by atoms with Crippen LogP contribution in [0.25, 0.3) is 22.0 Å². The van der Waals surface area contributed by atoms with E-state index in [1.165, 1.54) is 11.9 Å². The molecule has 0 atom stereocenters. The van der Waals surface area contributed by atoms with Crippen molar-refractivity contribution in [2.24, 2.45) is 0 Å². The number of carbonyl (C=O) groups excluding carboxylic acids is 1. The van der Waals surface area contributed by atoms with Gasteiger partial charge in [-0.1, -0.05) is 60.7 Å². The molecule has 4 aromatic carbocycles. The van der Waals surface area contributed by atoms with Crippen LogP contribution in [0.3, 0.4) is 0 Å². The number of carbonyl (C=O) groups is 1. The van der Waals surface area contributed by atoms with Crippen LogP contribution < -0.4 is 16.0 Å². The number of rotatable bonds is 5. The number of anilines is 4. The van der Waals surface area contributed by atoms with Crippen LogP contribution in [0.4, 0.5) is 27.7 Å². The first-order valence-corrected chi connectivity index (χ1v) is 10.5. The Bertz CT molecular complexity index is 1390. The normalized spacial score (nSPS) is 10.5. The molecule has 0 aliphatic heterocycles. The molecule has 0 spiro atoms. The van der Waals surface area contributed by atoms with Crippen molar-refractivity contribution < 1.29 is 4.79 Å². The summed E-state index contributed by atoms with van der Waals surface area (Å²) in [6.45, 7) is 0. The zero-order valence-corrected chi connectivity index (χ0v) is 17.7. The predicted octanol–water partition coefficient (Wildman–Crippen LogP) is 6.68. The van der Waals surface area contributed by atoms with Gasteiger partial charge in [0.15, 0.2) is 0 Å². The standard InChI is InChI=1S/C27H21N5O/c33-27(31-21-9-5-2-6-10-21)32-23-15-16-24-25(17-23)28-18-29-26(24)30-22-13-11-20(12-14-22)19-7-3-1-4-8-19/h1-18H,(H,28,29,30)(H2,31,32,33). The lowest BCUT2D eigenvalue weighted by Gasteiger charge is -2.11. The number of aromatic nitrogens is 2. The molecular weight excluding hydrogens is 410 g/mol. The zero-order chi connectivity index (χ0) is 22.5. The Hall–Kier alpha value is -4.71. The van der Waals surface area contributed by atoms with Crippen molar-refractivity contribution in [2.45, 2.75) is 0 Å². The maximum absolute atomic E-state index is 12.3. The number of nitrogens with one attached hydrogen (secondary N) is 3. The van der Waals surface area contributed by atoms with Crippen LogP contribution in [-0.2, 0) is 0 Å². The molecule has 5 rings (SSSR count). The zero-order valence-electron chi connectivity index (χ0n) is 17.7. The third-order valence-electron chi connectivity index (χ3n) is 5.18.